The van der Waals surface area contributed by atoms with Crippen molar-refractivity contribution in [2.24, 2.45) is 5.16 Å². The van der Waals surface area contributed by atoms with E-state index in [1.165, 1.54) is 0 Å². The van der Waals surface area contributed by atoms with Crippen LogP contribution in [-0.4, -0.2) is 22.9 Å². The molecule has 0 aromatic rings. The Morgan fingerprint density at radius 1 is 1.78 bits per heavy atom. The molecule has 1 aliphatic heterocycles. The van der Waals surface area contributed by atoms with Crippen molar-refractivity contribution < 1.29 is 10.0 Å². The normalized spacial score (nSPS) is 31.0. The molecule has 1 aliphatic rings. The third kappa shape index (κ3) is 0.857. The molecule has 0 aromatic heterocycles. The lowest BCUT2D eigenvalue weighted by atomic mass is 10.2. The van der Waals surface area contributed by atoms with Gasteiger partial charge in [-0.3, -0.25) is 10.2 Å². The van der Waals surface area contributed by atoms with Crippen LogP contribution in [0.15, 0.2) is 5.16 Å². The Morgan fingerprint density at radius 3 is 2.67 bits per heavy atom. The maximum atomic E-state index is 10.6. The van der Waals surface area contributed by atoms with Crippen LogP contribution in [0.5, 0.6) is 0 Å². The first kappa shape index (κ1) is 6.03. The summed E-state index contributed by atoms with van der Waals surface area (Å²) in [5.41, 5.74) is 4.99. The van der Waals surface area contributed by atoms with Crippen molar-refractivity contribution in [1.29, 1.82) is 0 Å². The number of carbonyl (C=O) groups excluding carboxylic acids is 1. The first-order valence-electron chi connectivity index (χ1n) is 2.53. The molecule has 0 bridgehead atoms. The minimum absolute atomic E-state index is 0.120. The predicted octanol–water partition coefficient (Wildman–Crippen LogP) is -1.16. The van der Waals surface area contributed by atoms with Crippen LogP contribution in [0.4, 0.5) is 0 Å². The number of hydrogen-bond acceptors (Lipinski definition) is 4. The van der Waals surface area contributed by atoms with Gasteiger partial charge in [-0.1, -0.05) is 5.16 Å². The van der Waals surface area contributed by atoms with Crippen molar-refractivity contribution in [3.8, 4) is 0 Å². The minimum atomic E-state index is -0.370. The van der Waals surface area contributed by atoms with Gasteiger partial charge in [-0.15, -0.1) is 0 Å². The average molecular weight is 129 g/mol. The van der Waals surface area contributed by atoms with Crippen molar-refractivity contribution in [3.05, 3.63) is 0 Å². The van der Waals surface area contributed by atoms with Crippen LogP contribution in [0.25, 0.3) is 0 Å². The van der Waals surface area contributed by atoms with Crippen LogP contribution in [-0.2, 0) is 4.79 Å². The molecule has 0 aromatic carbocycles. The van der Waals surface area contributed by atoms with Gasteiger partial charge in [0.15, 0.2) is 5.71 Å². The van der Waals surface area contributed by atoms with E-state index >= 15 is 0 Å². The molecule has 0 spiro atoms. The largest absolute Gasteiger partial charge is 0.410 e. The summed E-state index contributed by atoms with van der Waals surface area (Å²) in [5.74, 6) is -0.370. The maximum Gasteiger partial charge on any atom is 0.284 e. The molecule has 3 N–H and O–H groups in total. The molecule has 1 saturated heterocycles. The summed E-state index contributed by atoms with van der Waals surface area (Å²) in [7, 11) is 0. The SMILES string of the molecule is CC1NNC(=O)C1=NO. The van der Waals surface area contributed by atoms with E-state index in [4.69, 9.17) is 5.21 Å². The summed E-state index contributed by atoms with van der Waals surface area (Å²) in [5, 5.41) is 11.0. The molecule has 5 heteroatoms. The van der Waals surface area contributed by atoms with Gasteiger partial charge in [-0.25, -0.2) is 5.43 Å². The van der Waals surface area contributed by atoms with Crippen LogP contribution in [0.3, 0.4) is 0 Å². The van der Waals surface area contributed by atoms with Gasteiger partial charge >= 0.3 is 0 Å². The smallest absolute Gasteiger partial charge is 0.284 e. The highest BCUT2D eigenvalue weighted by Crippen LogP contribution is 1.92. The molecule has 1 rings (SSSR count). The highest BCUT2D eigenvalue weighted by atomic mass is 16.4. The van der Waals surface area contributed by atoms with Gasteiger partial charge in [0.2, 0.25) is 0 Å². The van der Waals surface area contributed by atoms with Crippen LogP contribution < -0.4 is 10.9 Å². The number of rotatable bonds is 0. The topological polar surface area (TPSA) is 73.7 Å². The predicted molar refractivity (Wildman–Crippen MR) is 30.0 cm³/mol. The Bertz CT molecular complexity index is 165. The number of nitrogens with zero attached hydrogens (tertiary/aromatic N) is 1. The first-order chi connectivity index (χ1) is 4.25. The van der Waals surface area contributed by atoms with E-state index in [2.05, 4.69) is 16.0 Å². The Kier molecular flexibility index (Phi) is 1.35. The molecule has 0 aliphatic carbocycles. The number of nitrogens with one attached hydrogen (secondary N) is 2. The zero-order valence-corrected chi connectivity index (χ0v) is 4.88. The van der Waals surface area contributed by atoms with E-state index in [-0.39, 0.29) is 17.7 Å². The first-order valence-corrected chi connectivity index (χ1v) is 2.53. The highest BCUT2D eigenvalue weighted by Gasteiger charge is 2.26. The minimum Gasteiger partial charge on any atom is -0.410 e. The summed E-state index contributed by atoms with van der Waals surface area (Å²) in [6, 6.07) is -0.206. The molecule has 5 nitrogen and oxygen atoms in total. The Balaban J connectivity index is 2.78. The van der Waals surface area contributed by atoms with E-state index in [1.54, 1.807) is 6.92 Å². The Hall–Kier alpha value is -1.10. The van der Waals surface area contributed by atoms with Crippen LogP contribution in [0, 0.1) is 0 Å². The van der Waals surface area contributed by atoms with Gasteiger partial charge in [0.05, 0.1) is 6.04 Å². The molecular formula is C4H7N3O2. The number of amides is 1. The summed E-state index contributed by atoms with van der Waals surface area (Å²) in [6.07, 6.45) is 0. The average Bonchev–Trinajstić information content (AvgIpc) is 2.12. The van der Waals surface area contributed by atoms with E-state index in [9.17, 15) is 4.79 Å². The standard InChI is InChI=1S/C4H7N3O2/c1-2-3(7-9)4(8)6-5-2/h2,5,9H,1H3,(H,6,8). The molecule has 0 radical (unpaired) electrons. The van der Waals surface area contributed by atoms with E-state index in [0.29, 0.717) is 0 Å². The quantitative estimate of drug-likeness (QED) is 0.285. The van der Waals surface area contributed by atoms with E-state index in [0.717, 1.165) is 0 Å². The maximum absolute atomic E-state index is 10.6. The molecule has 1 amide bonds. The summed E-state index contributed by atoms with van der Waals surface area (Å²) >= 11 is 0. The third-order valence-electron chi connectivity index (χ3n) is 1.15. The fraction of sp³-hybridized carbons (Fsp3) is 0.500. The lowest BCUT2D eigenvalue weighted by Gasteiger charge is -1.94. The van der Waals surface area contributed by atoms with Gasteiger partial charge in [0.1, 0.15) is 0 Å². The van der Waals surface area contributed by atoms with Crippen LogP contribution in [0.2, 0.25) is 0 Å². The second-order valence-corrected chi connectivity index (χ2v) is 1.81. The van der Waals surface area contributed by atoms with Gasteiger partial charge in [0, 0.05) is 0 Å². The fourth-order valence-corrected chi connectivity index (χ4v) is 0.635. The molecule has 50 valence electrons. The molecule has 1 heterocycles. The van der Waals surface area contributed by atoms with Gasteiger partial charge < -0.3 is 5.21 Å². The third-order valence-corrected chi connectivity index (χ3v) is 1.15. The van der Waals surface area contributed by atoms with Gasteiger partial charge in [-0.05, 0) is 6.92 Å². The van der Waals surface area contributed by atoms with Crippen molar-refractivity contribution in [2.45, 2.75) is 13.0 Å². The van der Waals surface area contributed by atoms with Gasteiger partial charge in [0.25, 0.3) is 5.91 Å². The van der Waals surface area contributed by atoms with Gasteiger partial charge in [-0.2, -0.15) is 0 Å². The number of hydrogen-bond donors (Lipinski definition) is 3. The Morgan fingerprint density at radius 2 is 2.44 bits per heavy atom. The summed E-state index contributed by atoms with van der Waals surface area (Å²) in [4.78, 5) is 10.6. The molecule has 1 fully saturated rings. The number of carbonyl (C=O) groups is 1. The van der Waals surface area contributed by atoms with E-state index < -0.39 is 0 Å². The Labute approximate surface area is 51.7 Å². The van der Waals surface area contributed by atoms with Crippen molar-refractivity contribution >= 4 is 11.6 Å². The number of oxime groups is 1. The summed E-state index contributed by atoms with van der Waals surface area (Å²) in [6.45, 7) is 1.72. The lowest BCUT2D eigenvalue weighted by Crippen LogP contribution is -2.29. The molecule has 1 atom stereocenters. The van der Waals surface area contributed by atoms with Crippen molar-refractivity contribution in [2.75, 3.05) is 0 Å². The van der Waals surface area contributed by atoms with Crippen molar-refractivity contribution in [3.63, 3.8) is 0 Å². The highest BCUT2D eigenvalue weighted by molar-refractivity contribution is 6.42. The fourth-order valence-electron chi connectivity index (χ4n) is 0.635. The second kappa shape index (κ2) is 2.02. The van der Waals surface area contributed by atoms with Crippen LogP contribution in [0.1, 0.15) is 6.92 Å². The lowest BCUT2D eigenvalue weighted by molar-refractivity contribution is -0.114. The van der Waals surface area contributed by atoms with Crippen LogP contribution >= 0.6 is 0 Å². The number of hydrazine groups is 1. The molecular weight excluding hydrogens is 122 g/mol. The second-order valence-electron chi connectivity index (χ2n) is 1.81. The monoisotopic (exact) mass is 129 g/mol. The molecule has 1 unspecified atom stereocenters. The molecule has 0 saturated carbocycles. The van der Waals surface area contributed by atoms with E-state index in [1.807, 2.05) is 0 Å². The zero-order valence-electron chi connectivity index (χ0n) is 4.88. The van der Waals surface area contributed by atoms with Crippen molar-refractivity contribution in [1.82, 2.24) is 10.9 Å². The summed E-state index contributed by atoms with van der Waals surface area (Å²) < 4.78 is 0. The molecule has 9 heavy (non-hydrogen) atoms. The zero-order chi connectivity index (χ0) is 6.85.